The Hall–Kier alpha value is -2.86. The van der Waals surface area contributed by atoms with Crippen molar-refractivity contribution in [2.75, 3.05) is 25.5 Å². The molecule has 1 fully saturated rings. The van der Waals surface area contributed by atoms with Crippen molar-refractivity contribution in [1.82, 2.24) is 4.90 Å². The van der Waals surface area contributed by atoms with Crippen LogP contribution in [0.3, 0.4) is 0 Å². The summed E-state index contributed by atoms with van der Waals surface area (Å²) in [5.74, 6) is 0.289. The molecule has 6 heteroatoms. The number of nitrogens with two attached hydrogens (primary N) is 1. The second-order valence-electron chi connectivity index (χ2n) is 6.03. The minimum Gasteiger partial charge on any atom is -0.497 e. The Balaban J connectivity index is 1.78. The van der Waals surface area contributed by atoms with Crippen LogP contribution in [-0.2, 0) is 0 Å². The molecule has 0 aromatic heterocycles. The quantitative estimate of drug-likeness (QED) is 0.893. The van der Waals surface area contributed by atoms with E-state index in [1.54, 1.807) is 60.5 Å². The summed E-state index contributed by atoms with van der Waals surface area (Å²) in [6, 6.07) is 13.8. The molecule has 0 saturated carbocycles. The number of methoxy groups -OCH3 is 1. The molecule has 130 valence electrons. The highest BCUT2D eigenvalue weighted by Crippen LogP contribution is 2.21. The lowest BCUT2D eigenvalue weighted by molar-refractivity contribution is 0.0792. The molecule has 0 aliphatic carbocycles. The molecule has 1 saturated heterocycles. The number of likely N-dealkylation sites (tertiary alicyclic amines) is 1. The van der Waals surface area contributed by atoms with Crippen LogP contribution in [0.25, 0.3) is 0 Å². The summed E-state index contributed by atoms with van der Waals surface area (Å²) in [5, 5.41) is 2.82. The molecular formula is C19H21N3O3. The first-order valence-corrected chi connectivity index (χ1v) is 8.18. The van der Waals surface area contributed by atoms with Gasteiger partial charge in [-0.2, -0.15) is 0 Å². The molecule has 0 bridgehead atoms. The van der Waals surface area contributed by atoms with Crippen molar-refractivity contribution in [3.05, 3.63) is 59.7 Å². The first kappa shape index (κ1) is 17.0. The van der Waals surface area contributed by atoms with Crippen LogP contribution in [0, 0.1) is 0 Å². The van der Waals surface area contributed by atoms with E-state index in [-0.39, 0.29) is 17.9 Å². The fourth-order valence-electron chi connectivity index (χ4n) is 2.86. The maximum Gasteiger partial charge on any atom is 0.256 e. The molecule has 2 amide bonds. The van der Waals surface area contributed by atoms with Crippen molar-refractivity contribution in [2.24, 2.45) is 5.73 Å². The fraction of sp³-hybridized carbons (Fsp3) is 0.263. The highest BCUT2D eigenvalue weighted by atomic mass is 16.5. The number of para-hydroxylation sites is 1. The Bertz CT molecular complexity index is 774. The zero-order valence-corrected chi connectivity index (χ0v) is 14.1. The summed E-state index contributed by atoms with van der Waals surface area (Å²) in [6.45, 7) is 1.18. The molecule has 1 atom stereocenters. The third kappa shape index (κ3) is 3.80. The van der Waals surface area contributed by atoms with E-state index in [4.69, 9.17) is 10.5 Å². The van der Waals surface area contributed by atoms with Gasteiger partial charge in [-0.1, -0.05) is 12.1 Å². The van der Waals surface area contributed by atoms with E-state index in [0.717, 1.165) is 6.42 Å². The van der Waals surface area contributed by atoms with Crippen LogP contribution < -0.4 is 15.8 Å². The molecule has 1 aliphatic heterocycles. The summed E-state index contributed by atoms with van der Waals surface area (Å²) in [4.78, 5) is 26.9. The van der Waals surface area contributed by atoms with Crippen LogP contribution in [0.4, 0.5) is 5.69 Å². The van der Waals surface area contributed by atoms with Gasteiger partial charge in [-0.05, 0) is 42.8 Å². The van der Waals surface area contributed by atoms with Crippen molar-refractivity contribution >= 4 is 17.5 Å². The molecule has 1 aliphatic rings. The molecule has 0 unspecified atom stereocenters. The van der Waals surface area contributed by atoms with Gasteiger partial charge in [0.15, 0.2) is 0 Å². The van der Waals surface area contributed by atoms with E-state index in [9.17, 15) is 9.59 Å². The van der Waals surface area contributed by atoms with Gasteiger partial charge in [-0.25, -0.2) is 0 Å². The van der Waals surface area contributed by atoms with Gasteiger partial charge in [-0.3, -0.25) is 9.59 Å². The number of carbonyl (C=O) groups excluding carboxylic acids is 2. The monoisotopic (exact) mass is 339 g/mol. The molecule has 6 nitrogen and oxygen atoms in total. The summed E-state index contributed by atoms with van der Waals surface area (Å²) >= 11 is 0. The average molecular weight is 339 g/mol. The number of rotatable bonds is 4. The van der Waals surface area contributed by atoms with Crippen LogP contribution in [-0.4, -0.2) is 43.0 Å². The van der Waals surface area contributed by atoms with Crippen LogP contribution in [0.1, 0.15) is 27.1 Å². The maximum atomic E-state index is 12.7. The summed E-state index contributed by atoms with van der Waals surface area (Å²) < 4.78 is 5.09. The van der Waals surface area contributed by atoms with Crippen molar-refractivity contribution in [2.45, 2.75) is 12.5 Å². The van der Waals surface area contributed by atoms with Gasteiger partial charge in [0.05, 0.1) is 18.4 Å². The molecule has 3 N–H and O–H groups in total. The molecule has 3 rings (SSSR count). The minimum absolute atomic E-state index is 0.0185. The third-order valence-electron chi connectivity index (χ3n) is 4.27. The Morgan fingerprint density at radius 3 is 2.52 bits per heavy atom. The maximum absolute atomic E-state index is 12.7. The summed E-state index contributed by atoms with van der Waals surface area (Å²) in [6.07, 6.45) is 0.798. The van der Waals surface area contributed by atoms with E-state index in [1.807, 2.05) is 0 Å². The number of ether oxygens (including phenoxy) is 1. The summed E-state index contributed by atoms with van der Waals surface area (Å²) in [5.41, 5.74) is 7.34. The van der Waals surface area contributed by atoms with Crippen LogP contribution in [0.5, 0.6) is 5.75 Å². The molecule has 1 heterocycles. The van der Waals surface area contributed by atoms with E-state index in [1.165, 1.54) is 0 Å². The lowest BCUT2D eigenvalue weighted by Crippen LogP contribution is -2.32. The van der Waals surface area contributed by atoms with Gasteiger partial charge >= 0.3 is 0 Å². The van der Waals surface area contributed by atoms with Crippen molar-refractivity contribution in [3.63, 3.8) is 0 Å². The lowest BCUT2D eigenvalue weighted by Gasteiger charge is -2.18. The zero-order valence-electron chi connectivity index (χ0n) is 14.1. The van der Waals surface area contributed by atoms with E-state index in [2.05, 4.69) is 5.32 Å². The number of anilines is 1. The van der Waals surface area contributed by atoms with Crippen LogP contribution in [0.2, 0.25) is 0 Å². The first-order valence-electron chi connectivity index (χ1n) is 8.18. The Morgan fingerprint density at radius 2 is 1.88 bits per heavy atom. The molecular weight excluding hydrogens is 318 g/mol. The molecule has 25 heavy (non-hydrogen) atoms. The predicted octanol–water partition coefficient (Wildman–Crippen LogP) is 2.12. The molecule has 2 aromatic carbocycles. The zero-order chi connectivity index (χ0) is 17.8. The van der Waals surface area contributed by atoms with Crippen molar-refractivity contribution in [3.8, 4) is 5.75 Å². The topological polar surface area (TPSA) is 84.7 Å². The predicted molar refractivity (Wildman–Crippen MR) is 95.9 cm³/mol. The van der Waals surface area contributed by atoms with Crippen LogP contribution in [0.15, 0.2) is 48.5 Å². The van der Waals surface area contributed by atoms with E-state index < -0.39 is 0 Å². The van der Waals surface area contributed by atoms with Gasteiger partial charge in [-0.15, -0.1) is 0 Å². The normalized spacial score (nSPS) is 16.6. The standard InChI is InChI=1S/C19H21N3O3/c1-25-15-8-6-13(7-9-15)18(23)21-17-5-3-2-4-16(17)19(24)22-11-10-14(20)12-22/h2-9,14H,10-12,20H2,1H3,(H,21,23)/t14-/m1/s1. The fourth-order valence-corrected chi connectivity index (χ4v) is 2.86. The first-order chi connectivity index (χ1) is 12.1. The number of nitrogens with zero attached hydrogens (tertiary/aromatic N) is 1. The van der Waals surface area contributed by atoms with Crippen molar-refractivity contribution < 1.29 is 14.3 Å². The van der Waals surface area contributed by atoms with E-state index in [0.29, 0.717) is 35.7 Å². The average Bonchev–Trinajstić information content (AvgIpc) is 3.08. The molecule has 0 spiro atoms. The van der Waals surface area contributed by atoms with Gasteiger partial charge in [0.2, 0.25) is 0 Å². The van der Waals surface area contributed by atoms with Gasteiger partial charge in [0, 0.05) is 24.7 Å². The second kappa shape index (κ2) is 7.36. The smallest absolute Gasteiger partial charge is 0.256 e. The number of amides is 2. The Kier molecular flexibility index (Phi) is 5.00. The highest BCUT2D eigenvalue weighted by molar-refractivity contribution is 6.09. The van der Waals surface area contributed by atoms with E-state index >= 15 is 0 Å². The molecule has 2 aromatic rings. The SMILES string of the molecule is COc1ccc(C(=O)Nc2ccccc2C(=O)N2CC[C@@H](N)C2)cc1. The number of hydrogen-bond acceptors (Lipinski definition) is 4. The summed E-state index contributed by atoms with van der Waals surface area (Å²) in [7, 11) is 1.57. The minimum atomic E-state index is -0.277. The molecule has 0 radical (unpaired) electrons. The van der Waals surface area contributed by atoms with Crippen molar-refractivity contribution in [1.29, 1.82) is 0 Å². The Morgan fingerprint density at radius 1 is 1.16 bits per heavy atom. The Labute approximate surface area is 146 Å². The number of nitrogens with one attached hydrogen (secondary N) is 1. The van der Waals surface area contributed by atoms with Gasteiger partial charge in [0.1, 0.15) is 5.75 Å². The number of hydrogen-bond donors (Lipinski definition) is 2. The largest absolute Gasteiger partial charge is 0.497 e. The van der Waals surface area contributed by atoms with Gasteiger partial charge < -0.3 is 20.7 Å². The number of benzene rings is 2. The third-order valence-corrected chi connectivity index (χ3v) is 4.27. The second-order valence-corrected chi connectivity index (χ2v) is 6.03. The van der Waals surface area contributed by atoms with Gasteiger partial charge in [0.25, 0.3) is 11.8 Å². The van der Waals surface area contributed by atoms with Crippen LogP contribution >= 0.6 is 0 Å². The number of carbonyl (C=O) groups is 2. The highest BCUT2D eigenvalue weighted by Gasteiger charge is 2.26. The lowest BCUT2D eigenvalue weighted by atomic mass is 10.1.